The number of nitrogens with one attached hydrogen (secondary N) is 4. The number of rotatable bonds is 14. The molecule has 0 bridgehead atoms. The molecule has 0 unspecified atom stereocenters. The van der Waals surface area contributed by atoms with Crippen molar-refractivity contribution in [3.63, 3.8) is 0 Å². The van der Waals surface area contributed by atoms with Crippen molar-refractivity contribution >= 4 is 70.9 Å². The van der Waals surface area contributed by atoms with Crippen molar-refractivity contribution in [1.82, 2.24) is 29.9 Å². The van der Waals surface area contributed by atoms with Gasteiger partial charge in [-0.05, 0) is 23.3 Å². The van der Waals surface area contributed by atoms with Crippen molar-refractivity contribution < 1.29 is 19.3 Å². The van der Waals surface area contributed by atoms with Crippen LogP contribution in [0, 0.1) is 20.2 Å². The number of hydrogen-bond donors (Lipinski definition) is 4. The van der Waals surface area contributed by atoms with Gasteiger partial charge in [-0.15, -0.1) is 0 Å². The van der Waals surface area contributed by atoms with E-state index in [1.54, 1.807) is 36.7 Å². The van der Waals surface area contributed by atoms with Crippen molar-refractivity contribution in [2.45, 2.75) is 0 Å². The summed E-state index contributed by atoms with van der Waals surface area (Å²) in [4.78, 5) is 52.4. The van der Waals surface area contributed by atoms with Crippen LogP contribution < -0.4 is 31.3 Å². The summed E-state index contributed by atoms with van der Waals surface area (Å²) in [7, 11) is 0. The summed E-state index contributed by atoms with van der Waals surface area (Å²) in [5.74, 6) is 1.49. The van der Waals surface area contributed by atoms with Crippen LogP contribution in [0.5, 0.6) is 0 Å². The Labute approximate surface area is 318 Å². The predicted octanol–water partition coefficient (Wildman–Crippen LogP) is 3.93. The first-order valence-electron chi connectivity index (χ1n) is 17.2. The number of anilines is 8. The first kappa shape index (κ1) is 36.9. The number of nitro groups is 2. The van der Waals surface area contributed by atoms with E-state index in [1.807, 2.05) is 34.1 Å². The molecule has 4 N–H and O–H groups in total. The Morgan fingerprint density at radius 2 is 0.964 bits per heavy atom. The second kappa shape index (κ2) is 17.6. The number of hydrazone groups is 2. The molecule has 2 aliphatic heterocycles. The highest BCUT2D eigenvalue weighted by atomic mass is 16.6. The largest absolute Gasteiger partial charge is 0.378 e. The van der Waals surface area contributed by atoms with E-state index in [9.17, 15) is 20.2 Å². The van der Waals surface area contributed by atoms with Gasteiger partial charge in [-0.1, -0.05) is 36.4 Å². The Morgan fingerprint density at radius 3 is 1.36 bits per heavy atom. The van der Waals surface area contributed by atoms with Crippen LogP contribution >= 0.6 is 0 Å². The quantitative estimate of drug-likeness (QED) is 0.0709. The van der Waals surface area contributed by atoms with E-state index in [0.717, 1.165) is 11.1 Å². The van der Waals surface area contributed by atoms with Crippen molar-refractivity contribution in [2.75, 3.05) is 83.9 Å². The van der Waals surface area contributed by atoms with Crippen LogP contribution in [0.25, 0.3) is 0 Å². The summed E-state index contributed by atoms with van der Waals surface area (Å²) < 4.78 is 10.9. The molecular formula is C34H34N16O6. The van der Waals surface area contributed by atoms with Crippen molar-refractivity contribution in [3.8, 4) is 0 Å². The van der Waals surface area contributed by atoms with E-state index in [2.05, 4.69) is 61.6 Å². The molecule has 0 amide bonds. The first-order chi connectivity index (χ1) is 27.3. The minimum absolute atomic E-state index is 0.0709. The second-order valence-electron chi connectivity index (χ2n) is 12.0. The monoisotopic (exact) mass is 762 g/mol. The van der Waals surface area contributed by atoms with Gasteiger partial charge in [0.2, 0.25) is 35.7 Å². The van der Waals surface area contributed by atoms with E-state index in [0.29, 0.717) is 75.9 Å². The number of morpholine rings is 2. The molecule has 22 nitrogen and oxygen atoms in total. The van der Waals surface area contributed by atoms with Gasteiger partial charge < -0.3 is 29.9 Å². The molecular weight excluding hydrogens is 728 g/mol. The lowest BCUT2D eigenvalue weighted by atomic mass is 10.2. The number of ether oxygens (including phenoxy) is 2. The molecule has 0 saturated carbocycles. The molecule has 0 aliphatic carbocycles. The number of aromatic nitrogens is 6. The average Bonchev–Trinajstić information content (AvgIpc) is 3.22. The molecule has 22 heteroatoms. The summed E-state index contributed by atoms with van der Waals surface area (Å²) in [6, 6.07) is 19.4. The van der Waals surface area contributed by atoms with Gasteiger partial charge in [-0.25, -0.2) is 10.9 Å². The first-order valence-corrected chi connectivity index (χ1v) is 17.2. The fraction of sp³-hybridized carbons (Fsp3) is 0.235. The molecule has 7 rings (SSSR count). The smallest absolute Gasteiger partial charge is 0.271 e. The predicted molar refractivity (Wildman–Crippen MR) is 207 cm³/mol. The highest BCUT2D eigenvalue weighted by Crippen LogP contribution is 2.24. The molecule has 0 spiro atoms. The van der Waals surface area contributed by atoms with Crippen LogP contribution in [0.4, 0.5) is 58.4 Å². The van der Waals surface area contributed by atoms with Gasteiger partial charge in [-0.3, -0.25) is 20.2 Å². The number of nitrogens with zero attached hydrogens (tertiary/aromatic N) is 12. The zero-order chi connectivity index (χ0) is 38.7. The highest BCUT2D eigenvalue weighted by molar-refractivity contribution is 5.84. The molecule has 5 aromatic rings. The lowest BCUT2D eigenvalue weighted by molar-refractivity contribution is -0.385. The molecule has 3 aromatic carbocycles. The second-order valence-corrected chi connectivity index (χ2v) is 12.0. The third kappa shape index (κ3) is 9.94. The van der Waals surface area contributed by atoms with Crippen LogP contribution in [0.1, 0.15) is 11.1 Å². The molecule has 56 heavy (non-hydrogen) atoms. The number of non-ortho nitro benzene ring substituents is 2. The third-order valence-corrected chi connectivity index (χ3v) is 8.15. The SMILES string of the molecule is O=[N+]([O-])c1cccc(Nc2nc(N/N=C/c3ccc(/C=N/Nc4nc(Nc5cccc([N+](=O)[O-])c5)nc(N5CCOCC5)n4)cc3)nc(N3CCOCC3)n2)c1. The summed E-state index contributed by atoms with van der Waals surface area (Å²) >= 11 is 0. The average molecular weight is 763 g/mol. The lowest BCUT2D eigenvalue weighted by Gasteiger charge is -2.27. The zero-order valence-electron chi connectivity index (χ0n) is 29.6. The van der Waals surface area contributed by atoms with E-state index >= 15 is 0 Å². The molecule has 2 fully saturated rings. The van der Waals surface area contributed by atoms with Crippen LogP contribution in [0.2, 0.25) is 0 Å². The maximum absolute atomic E-state index is 11.3. The third-order valence-electron chi connectivity index (χ3n) is 8.15. The minimum Gasteiger partial charge on any atom is -0.378 e. The van der Waals surface area contributed by atoms with E-state index in [4.69, 9.17) is 9.47 Å². The van der Waals surface area contributed by atoms with E-state index < -0.39 is 9.85 Å². The molecule has 2 aromatic heterocycles. The fourth-order valence-electron chi connectivity index (χ4n) is 5.40. The van der Waals surface area contributed by atoms with E-state index in [-0.39, 0.29) is 35.2 Å². The van der Waals surface area contributed by atoms with Crippen LogP contribution in [0.15, 0.2) is 83.0 Å². The van der Waals surface area contributed by atoms with Crippen LogP contribution in [-0.2, 0) is 9.47 Å². The van der Waals surface area contributed by atoms with Gasteiger partial charge >= 0.3 is 0 Å². The summed E-state index contributed by atoms with van der Waals surface area (Å²) in [6.07, 6.45) is 3.19. The van der Waals surface area contributed by atoms with Gasteiger partial charge in [0.15, 0.2) is 0 Å². The molecule has 286 valence electrons. The van der Waals surface area contributed by atoms with E-state index in [1.165, 1.54) is 24.3 Å². The Hall–Kier alpha value is -7.46. The van der Waals surface area contributed by atoms with Crippen molar-refractivity contribution in [2.24, 2.45) is 10.2 Å². The molecule has 2 saturated heterocycles. The van der Waals surface area contributed by atoms with Crippen molar-refractivity contribution in [1.29, 1.82) is 0 Å². The summed E-state index contributed by atoms with van der Waals surface area (Å²) in [5, 5.41) is 37.2. The summed E-state index contributed by atoms with van der Waals surface area (Å²) in [5.41, 5.74) is 7.98. The van der Waals surface area contributed by atoms with Gasteiger partial charge in [0.05, 0.1) is 48.7 Å². The molecule has 4 heterocycles. The minimum atomic E-state index is -0.476. The number of nitro benzene ring substituents is 2. The normalized spacial score (nSPS) is 14.5. The molecule has 2 aliphatic rings. The number of hydrogen-bond acceptors (Lipinski definition) is 20. The summed E-state index contributed by atoms with van der Waals surface area (Å²) in [6.45, 7) is 4.42. The Bertz CT molecular complexity index is 2070. The molecule has 0 radical (unpaired) electrons. The number of benzene rings is 3. The maximum atomic E-state index is 11.3. The standard InChI is InChI=1S/C34H34N16O6/c51-49(52)27-5-1-3-25(19-27)37-29-39-31(43-33(41-29)47-11-15-55-16-12-47)45-35-21-23-7-9-24(10-8-23)22-36-46-32-40-30(38-26-4-2-6-28(20-26)50(53)54)42-34(44-32)48-13-17-56-18-14-48/h1-10,19-22H,11-18H2,(H2,37,39,41,43,45)(H2,38,40,42,44,46)/b35-21+,36-22+. The van der Waals surface area contributed by atoms with Crippen LogP contribution in [0.3, 0.4) is 0 Å². The van der Waals surface area contributed by atoms with Gasteiger partial charge in [0.25, 0.3) is 11.4 Å². The fourth-order valence-corrected chi connectivity index (χ4v) is 5.40. The highest BCUT2D eigenvalue weighted by Gasteiger charge is 2.19. The van der Waals surface area contributed by atoms with Crippen molar-refractivity contribution in [3.05, 3.63) is 104 Å². The molecule has 0 atom stereocenters. The Balaban J connectivity index is 1.01. The maximum Gasteiger partial charge on any atom is 0.271 e. The topological polar surface area (TPSA) is 261 Å². The lowest BCUT2D eigenvalue weighted by Crippen LogP contribution is -2.37. The Kier molecular flexibility index (Phi) is 11.6. The van der Waals surface area contributed by atoms with Gasteiger partial charge in [0.1, 0.15) is 0 Å². The van der Waals surface area contributed by atoms with Gasteiger partial charge in [0, 0.05) is 61.8 Å². The zero-order valence-corrected chi connectivity index (χ0v) is 29.6. The van der Waals surface area contributed by atoms with Gasteiger partial charge in [-0.2, -0.15) is 40.1 Å². The van der Waals surface area contributed by atoms with Crippen LogP contribution in [-0.4, -0.2) is 105 Å². The Morgan fingerprint density at radius 1 is 0.571 bits per heavy atom.